The van der Waals surface area contributed by atoms with E-state index >= 15 is 0 Å². The molecule has 0 saturated carbocycles. The highest BCUT2D eigenvalue weighted by molar-refractivity contribution is 5.84. The Morgan fingerprint density at radius 1 is 0.964 bits per heavy atom. The third-order valence-electron chi connectivity index (χ3n) is 3.64. The molecule has 1 heterocycles. The topological polar surface area (TPSA) is 74.6 Å². The molecule has 0 aliphatic rings. The molecule has 28 heavy (non-hydrogen) atoms. The highest BCUT2D eigenvalue weighted by Gasteiger charge is 2.33. The van der Waals surface area contributed by atoms with Gasteiger partial charge in [-0.25, -0.2) is 5.10 Å². The monoisotopic (exact) mass is 398 g/mol. The number of H-pyrrole nitrogens is 1. The van der Waals surface area contributed by atoms with E-state index in [9.17, 15) is 26.3 Å². The van der Waals surface area contributed by atoms with Crippen molar-refractivity contribution in [1.29, 1.82) is 5.26 Å². The minimum Gasteiger partial charge on any atom is -0.406 e. The van der Waals surface area contributed by atoms with Crippen LogP contribution in [0.5, 0.6) is 5.75 Å². The van der Waals surface area contributed by atoms with Gasteiger partial charge in [0, 0.05) is 5.56 Å². The van der Waals surface area contributed by atoms with Gasteiger partial charge in [0.05, 0.1) is 5.56 Å². The van der Waals surface area contributed by atoms with E-state index < -0.39 is 23.9 Å². The van der Waals surface area contributed by atoms with Crippen LogP contribution >= 0.6 is 0 Å². The van der Waals surface area contributed by atoms with Crippen molar-refractivity contribution in [2.75, 3.05) is 0 Å². The molecule has 0 aliphatic heterocycles. The molecule has 0 spiro atoms. The number of benzene rings is 2. The second-order valence-corrected chi connectivity index (χ2v) is 5.48. The maximum Gasteiger partial charge on any atom is 0.573 e. The van der Waals surface area contributed by atoms with Crippen LogP contribution in [0, 0.1) is 11.3 Å². The van der Waals surface area contributed by atoms with E-state index in [0.29, 0.717) is 0 Å². The maximum atomic E-state index is 13.1. The lowest BCUT2D eigenvalue weighted by Gasteiger charge is -2.14. The Kier molecular flexibility index (Phi) is 4.72. The van der Waals surface area contributed by atoms with Crippen LogP contribution in [0.15, 0.2) is 42.5 Å². The third-order valence-corrected chi connectivity index (χ3v) is 3.64. The van der Waals surface area contributed by atoms with Crippen molar-refractivity contribution in [2.24, 2.45) is 0 Å². The smallest absolute Gasteiger partial charge is 0.406 e. The van der Waals surface area contributed by atoms with Gasteiger partial charge in [-0.15, -0.1) is 18.3 Å². The zero-order valence-electron chi connectivity index (χ0n) is 13.6. The molecule has 0 saturated heterocycles. The molecule has 11 heteroatoms. The first-order valence-electron chi connectivity index (χ1n) is 7.47. The van der Waals surface area contributed by atoms with Crippen LogP contribution in [0.2, 0.25) is 0 Å². The number of hydrogen-bond donors (Lipinski definition) is 1. The summed E-state index contributed by atoms with van der Waals surface area (Å²) >= 11 is 0. The summed E-state index contributed by atoms with van der Waals surface area (Å²) in [7, 11) is 0. The SMILES string of the molecule is N#Cc1[nH]nnc1-c1cc(C(F)(F)F)ccc1-c1cccc(OC(F)(F)F)c1. The van der Waals surface area contributed by atoms with E-state index in [1.165, 1.54) is 12.1 Å². The Morgan fingerprint density at radius 3 is 2.36 bits per heavy atom. The molecule has 1 N–H and O–H groups in total. The van der Waals surface area contributed by atoms with Crippen LogP contribution in [0.3, 0.4) is 0 Å². The van der Waals surface area contributed by atoms with Crippen LogP contribution in [0.1, 0.15) is 11.3 Å². The van der Waals surface area contributed by atoms with E-state index in [1.54, 1.807) is 6.07 Å². The van der Waals surface area contributed by atoms with Crippen molar-refractivity contribution in [1.82, 2.24) is 15.4 Å². The first kappa shape index (κ1) is 19.2. The Labute approximate surface area is 153 Å². The van der Waals surface area contributed by atoms with Gasteiger partial charge in [-0.3, -0.25) is 0 Å². The van der Waals surface area contributed by atoms with Crippen LogP contribution in [0.25, 0.3) is 22.4 Å². The van der Waals surface area contributed by atoms with Crippen molar-refractivity contribution in [2.45, 2.75) is 12.5 Å². The summed E-state index contributed by atoms with van der Waals surface area (Å²) in [6.07, 6.45) is -9.60. The van der Waals surface area contributed by atoms with Gasteiger partial charge in [0.1, 0.15) is 17.5 Å². The van der Waals surface area contributed by atoms with Crippen LogP contribution in [-0.2, 0) is 6.18 Å². The Morgan fingerprint density at radius 2 is 1.71 bits per heavy atom. The molecule has 0 fully saturated rings. The van der Waals surface area contributed by atoms with Crippen molar-refractivity contribution in [3.8, 4) is 34.2 Å². The summed E-state index contributed by atoms with van der Waals surface area (Å²) in [6.45, 7) is 0. The number of ether oxygens (including phenoxy) is 1. The highest BCUT2D eigenvalue weighted by Crippen LogP contribution is 2.39. The summed E-state index contributed by atoms with van der Waals surface area (Å²) in [4.78, 5) is 0. The largest absolute Gasteiger partial charge is 0.573 e. The van der Waals surface area contributed by atoms with Crippen molar-refractivity contribution < 1.29 is 31.1 Å². The standard InChI is InChI=1S/C17H8F6N4O/c18-16(19,20)10-4-5-12(13(7-10)15-14(8-24)25-27-26-15)9-2-1-3-11(6-9)28-17(21,22)23/h1-7H,(H,25,26,27). The van der Waals surface area contributed by atoms with Gasteiger partial charge in [-0.05, 0) is 35.4 Å². The van der Waals surface area contributed by atoms with Crippen LogP contribution in [-0.4, -0.2) is 21.8 Å². The Bertz CT molecular complexity index is 1050. The number of nitrogens with zero attached hydrogens (tertiary/aromatic N) is 3. The molecule has 3 aromatic rings. The molecule has 0 unspecified atom stereocenters. The van der Waals surface area contributed by atoms with E-state index in [1.807, 2.05) is 0 Å². The molecular formula is C17H8F6N4O. The number of alkyl halides is 6. The van der Waals surface area contributed by atoms with E-state index in [4.69, 9.17) is 5.26 Å². The lowest BCUT2D eigenvalue weighted by molar-refractivity contribution is -0.274. The molecule has 2 aromatic carbocycles. The predicted molar refractivity (Wildman–Crippen MR) is 83.7 cm³/mol. The van der Waals surface area contributed by atoms with Crippen molar-refractivity contribution in [3.05, 3.63) is 53.7 Å². The lowest BCUT2D eigenvalue weighted by atomic mass is 9.94. The minimum atomic E-state index is -4.93. The summed E-state index contributed by atoms with van der Waals surface area (Å²) in [5.74, 6) is -0.545. The van der Waals surface area contributed by atoms with Gasteiger partial charge >= 0.3 is 12.5 Å². The molecular weight excluding hydrogens is 390 g/mol. The van der Waals surface area contributed by atoms with Gasteiger partial charge in [0.2, 0.25) is 0 Å². The number of hydrogen-bond acceptors (Lipinski definition) is 4. The molecule has 3 rings (SSSR count). The van der Waals surface area contributed by atoms with E-state index in [0.717, 1.165) is 30.3 Å². The Hall–Kier alpha value is -3.55. The normalized spacial score (nSPS) is 11.9. The number of halogens is 6. The number of rotatable bonds is 3. The van der Waals surface area contributed by atoms with Crippen molar-refractivity contribution >= 4 is 0 Å². The number of aromatic nitrogens is 3. The van der Waals surface area contributed by atoms with Gasteiger partial charge in [0.25, 0.3) is 0 Å². The summed E-state index contributed by atoms with van der Waals surface area (Å²) < 4.78 is 80.6. The van der Waals surface area contributed by atoms with Crippen molar-refractivity contribution in [3.63, 3.8) is 0 Å². The summed E-state index contributed by atoms with van der Waals surface area (Å²) in [5, 5.41) is 18.4. The van der Waals surface area contributed by atoms with Gasteiger partial charge in [-0.2, -0.15) is 18.4 Å². The van der Waals surface area contributed by atoms with E-state index in [2.05, 4.69) is 20.1 Å². The average molecular weight is 398 g/mol. The molecule has 144 valence electrons. The molecule has 5 nitrogen and oxygen atoms in total. The highest BCUT2D eigenvalue weighted by atomic mass is 19.4. The number of nitriles is 1. The fraction of sp³-hybridized carbons (Fsp3) is 0.118. The second-order valence-electron chi connectivity index (χ2n) is 5.48. The minimum absolute atomic E-state index is 0.117. The molecule has 0 amide bonds. The van der Waals surface area contributed by atoms with E-state index in [-0.39, 0.29) is 28.1 Å². The third kappa shape index (κ3) is 4.06. The number of nitrogens with one attached hydrogen (secondary N) is 1. The predicted octanol–water partition coefficient (Wildman–Crippen LogP) is 4.93. The fourth-order valence-electron chi connectivity index (χ4n) is 2.52. The summed E-state index contributed by atoms with van der Waals surface area (Å²) in [5.41, 5.74) is -1.23. The number of aromatic amines is 1. The molecule has 0 aliphatic carbocycles. The zero-order valence-corrected chi connectivity index (χ0v) is 13.6. The summed E-state index contributed by atoms with van der Waals surface area (Å²) in [6, 6.07) is 9.06. The van der Waals surface area contributed by atoms with Gasteiger partial charge in [0.15, 0.2) is 5.69 Å². The lowest BCUT2D eigenvalue weighted by Crippen LogP contribution is -2.17. The first-order chi connectivity index (χ1) is 13.1. The molecule has 0 radical (unpaired) electrons. The fourth-order valence-corrected chi connectivity index (χ4v) is 2.52. The molecule has 0 bridgehead atoms. The zero-order chi connectivity index (χ0) is 20.5. The van der Waals surface area contributed by atoms with Crippen LogP contribution < -0.4 is 4.74 Å². The quantitative estimate of drug-likeness (QED) is 0.635. The average Bonchev–Trinajstić information content (AvgIpc) is 3.08. The maximum absolute atomic E-state index is 13.1. The van der Waals surface area contributed by atoms with Crippen LogP contribution in [0.4, 0.5) is 26.3 Å². The van der Waals surface area contributed by atoms with Gasteiger partial charge < -0.3 is 4.74 Å². The second kappa shape index (κ2) is 6.88. The molecule has 1 aromatic heterocycles. The molecule has 0 atom stereocenters. The first-order valence-corrected chi connectivity index (χ1v) is 7.47. The Balaban J connectivity index is 2.19. The van der Waals surface area contributed by atoms with Gasteiger partial charge in [-0.1, -0.05) is 23.4 Å².